The van der Waals surface area contributed by atoms with Crippen molar-refractivity contribution in [2.24, 2.45) is 0 Å². The first-order valence-corrected chi connectivity index (χ1v) is 9.48. The summed E-state index contributed by atoms with van der Waals surface area (Å²) in [4.78, 5) is 23.6. The van der Waals surface area contributed by atoms with Crippen LogP contribution in [-0.2, 0) is 11.3 Å². The zero-order valence-electron chi connectivity index (χ0n) is 13.8. The number of benzene rings is 1. The molecule has 140 valence electrons. The smallest absolute Gasteiger partial charge is 0.325 e. The van der Waals surface area contributed by atoms with Gasteiger partial charge in [-0.05, 0) is 24.3 Å². The topological polar surface area (TPSA) is 109 Å². The lowest BCUT2D eigenvalue weighted by molar-refractivity contribution is -0.117. The van der Waals surface area contributed by atoms with Crippen LogP contribution in [0.3, 0.4) is 0 Å². The van der Waals surface area contributed by atoms with E-state index in [1.807, 2.05) is 6.07 Å². The number of amides is 3. The summed E-state index contributed by atoms with van der Waals surface area (Å²) in [6, 6.07) is 8.50. The van der Waals surface area contributed by atoms with E-state index in [0.29, 0.717) is 16.0 Å². The van der Waals surface area contributed by atoms with Gasteiger partial charge in [0.2, 0.25) is 11.0 Å². The van der Waals surface area contributed by atoms with Crippen LogP contribution in [0.4, 0.5) is 20.0 Å². The molecule has 11 heteroatoms. The molecule has 8 nitrogen and oxygen atoms in total. The normalized spacial score (nSPS) is 10.4. The zero-order valence-corrected chi connectivity index (χ0v) is 15.4. The van der Waals surface area contributed by atoms with Crippen LogP contribution in [-0.4, -0.2) is 27.9 Å². The van der Waals surface area contributed by atoms with Gasteiger partial charge in [0.25, 0.3) is 0 Å². The first kappa shape index (κ1) is 18.9. The van der Waals surface area contributed by atoms with Gasteiger partial charge in [0.05, 0.1) is 24.2 Å². The number of halogens is 1. The minimum atomic E-state index is -0.802. The molecule has 1 aromatic carbocycles. The summed E-state index contributed by atoms with van der Waals surface area (Å²) >= 11 is 2.42. The average Bonchev–Trinajstić information content (AvgIpc) is 3.32. The molecule has 0 aliphatic rings. The Kier molecular flexibility index (Phi) is 6.39. The number of thioether (sulfide) groups is 1. The van der Waals surface area contributed by atoms with Crippen molar-refractivity contribution < 1.29 is 18.4 Å². The number of nitrogens with one attached hydrogen (secondary N) is 3. The second-order valence-electron chi connectivity index (χ2n) is 5.08. The monoisotopic (exact) mass is 407 g/mol. The van der Waals surface area contributed by atoms with E-state index in [1.54, 1.807) is 18.4 Å². The lowest BCUT2D eigenvalue weighted by Gasteiger charge is -2.06. The molecule has 3 amide bonds. The first-order valence-electron chi connectivity index (χ1n) is 7.68. The van der Waals surface area contributed by atoms with E-state index in [4.69, 9.17) is 4.42 Å². The third-order valence-corrected chi connectivity index (χ3v) is 5.12. The number of hydrogen-bond acceptors (Lipinski definition) is 8. The molecule has 0 saturated carbocycles. The molecule has 3 N–H and O–H groups in total. The number of anilines is 2. The first-order chi connectivity index (χ1) is 13.1. The summed E-state index contributed by atoms with van der Waals surface area (Å²) < 4.78 is 19.2. The van der Waals surface area contributed by atoms with E-state index in [9.17, 15) is 14.0 Å². The van der Waals surface area contributed by atoms with Crippen molar-refractivity contribution in [3.8, 4) is 0 Å². The Morgan fingerprint density at radius 2 is 2.04 bits per heavy atom. The Morgan fingerprint density at radius 3 is 2.81 bits per heavy atom. The SMILES string of the molecule is O=C(CSc1nnc(NCc2ccco2)s1)NC(=O)Nc1ccccc1F. The number of furan rings is 1. The van der Waals surface area contributed by atoms with Gasteiger partial charge in [-0.1, -0.05) is 35.2 Å². The van der Waals surface area contributed by atoms with E-state index in [-0.39, 0.29) is 11.4 Å². The number of aromatic nitrogens is 2. The molecule has 0 unspecified atom stereocenters. The van der Waals surface area contributed by atoms with Gasteiger partial charge >= 0.3 is 6.03 Å². The van der Waals surface area contributed by atoms with Crippen molar-refractivity contribution in [1.82, 2.24) is 15.5 Å². The van der Waals surface area contributed by atoms with Crippen molar-refractivity contribution in [3.05, 3.63) is 54.2 Å². The molecule has 3 aromatic rings. The van der Waals surface area contributed by atoms with Gasteiger partial charge in [-0.2, -0.15) is 0 Å². The highest BCUT2D eigenvalue weighted by Gasteiger charge is 2.12. The predicted octanol–water partition coefficient (Wildman–Crippen LogP) is 3.32. The van der Waals surface area contributed by atoms with Crippen LogP contribution in [0.15, 0.2) is 51.4 Å². The van der Waals surface area contributed by atoms with Crippen LogP contribution in [0.2, 0.25) is 0 Å². The molecule has 2 aromatic heterocycles. The molecule has 0 atom stereocenters. The molecule has 0 radical (unpaired) electrons. The van der Waals surface area contributed by atoms with Gasteiger partial charge in [0.15, 0.2) is 4.34 Å². The van der Waals surface area contributed by atoms with Crippen molar-refractivity contribution >= 4 is 45.9 Å². The fourth-order valence-corrected chi connectivity index (χ4v) is 3.47. The van der Waals surface area contributed by atoms with Crippen LogP contribution >= 0.6 is 23.1 Å². The standard InChI is InChI=1S/C16H14FN5O3S2/c17-11-5-1-2-6-12(11)19-14(24)20-13(23)9-26-16-22-21-15(27-16)18-8-10-4-3-7-25-10/h1-7H,8-9H2,(H,18,21)(H2,19,20,23,24). The van der Waals surface area contributed by atoms with Crippen LogP contribution < -0.4 is 16.0 Å². The third kappa shape index (κ3) is 5.79. The van der Waals surface area contributed by atoms with Gasteiger partial charge in [0, 0.05) is 0 Å². The molecule has 3 rings (SSSR count). The van der Waals surface area contributed by atoms with E-state index in [2.05, 4.69) is 26.1 Å². The lowest BCUT2D eigenvalue weighted by Crippen LogP contribution is -2.35. The summed E-state index contributed by atoms with van der Waals surface area (Å²) in [5.74, 6) is -0.385. The maximum absolute atomic E-state index is 13.5. The van der Waals surface area contributed by atoms with Gasteiger partial charge in [-0.3, -0.25) is 10.1 Å². The van der Waals surface area contributed by atoms with Gasteiger partial charge in [-0.25, -0.2) is 9.18 Å². The molecule has 27 heavy (non-hydrogen) atoms. The highest BCUT2D eigenvalue weighted by Crippen LogP contribution is 2.25. The lowest BCUT2D eigenvalue weighted by atomic mass is 10.3. The Morgan fingerprint density at radius 1 is 1.19 bits per heavy atom. The zero-order chi connectivity index (χ0) is 19.1. The summed E-state index contributed by atoms with van der Waals surface area (Å²) in [5, 5.41) is 16.0. The molecule has 0 aliphatic heterocycles. The molecular weight excluding hydrogens is 393 g/mol. The molecule has 0 aliphatic carbocycles. The number of carbonyl (C=O) groups excluding carboxylic acids is 2. The van der Waals surface area contributed by atoms with Crippen LogP contribution in [0, 0.1) is 5.82 Å². The summed E-state index contributed by atoms with van der Waals surface area (Å²) in [6.45, 7) is 0.475. The fourth-order valence-electron chi connectivity index (χ4n) is 1.92. The van der Waals surface area contributed by atoms with E-state index < -0.39 is 17.8 Å². The van der Waals surface area contributed by atoms with Crippen molar-refractivity contribution in [1.29, 1.82) is 0 Å². The molecule has 0 fully saturated rings. The number of hydrogen-bond donors (Lipinski definition) is 3. The minimum absolute atomic E-state index is 0.00755. The van der Waals surface area contributed by atoms with Crippen molar-refractivity contribution in [2.45, 2.75) is 10.9 Å². The Hall–Kier alpha value is -2.92. The Bertz CT molecular complexity index is 916. The number of carbonyl (C=O) groups is 2. The van der Waals surface area contributed by atoms with E-state index >= 15 is 0 Å². The highest BCUT2D eigenvalue weighted by atomic mass is 32.2. The van der Waals surface area contributed by atoms with Crippen molar-refractivity contribution in [3.63, 3.8) is 0 Å². The summed E-state index contributed by atoms with van der Waals surface area (Å²) in [5.41, 5.74) is -0.00755. The Labute approximate surface area is 161 Å². The molecular formula is C16H14FN5O3S2. The second kappa shape index (κ2) is 9.14. The average molecular weight is 407 g/mol. The highest BCUT2D eigenvalue weighted by molar-refractivity contribution is 8.01. The predicted molar refractivity (Wildman–Crippen MR) is 100 cm³/mol. The molecule has 2 heterocycles. The number of nitrogens with zero attached hydrogens (tertiary/aromatic N) is 2. The maximum Gasteiger partial charge on any atom is 0.325 e. The quantitative estimate of drug-likeness (QED) is 0.516. The number of rotatable bonds is 7. The van der Waals surface area contributed by atoms with Gasteiger partial charge < -0.3 is 15.1 Å². The third-order valence-electron chi connectivity index (χ3n) is 3.10. The summed E-state index contributed by atoms with van der Waals surface area (Å²) in [7, 11) is 0. The van der Waals surface area contributed by atoms with Crippen LogP contribution in [0.5, 0.6) is 0 Å². The van der Waals surface area contributed by atoms with Gasteiger partial charge in [0.1, 0.15) is 11.6 Å². The molecule has 0 saturated heterocycles. The molecule has 0 spiro atoms. The summed E-state index contributed by atoms with van der Waals surface area (Å²) in [6.07, 6.45) is 1.58. The minimum Gasteiger partial charge on any atom is -0.467 e. The maximum atomic E-state index is 13.5. The number of imide groups is 1. The number of urea groups is 1. The van der Waals surface area contributed by atoms with E-state index in [0.717, 1.165) is 17.5 Å². The van der Waals surface area contributed by atoms with Crippen molar-refractivity contribution in [2.75, 3.05) is 16.4 Å². The molecule has 0 bridgehead atoms. The largest absolute Gasteiger partial charge is 0.467 e. The van der Waals surface area contributed by atoms with Gasteiger partial charge in [-0.15, -0.1) is 10.2 Å². The number of para-hydroxylation sites is 1. The van der Waals surface area contributed by atoms with Crippen LogP contribution in [0.1, 0.15) is 5.76 Å². The second-order valence-corrected chi connectivity index (χ2v) is 7.28. The Balaban J connectivity index is 1.41. The van der Waals surface area contributed by atoms with E-state index in [1.165, 1.54) is 29.5 Å². The van der Waals surface area contributed by atoms with Crippen LogP contribution in [0.25, 0.3) is 0 Å². The fraction of sp³-hybridized carbons (Fsp3) is 0.125.